The number of rotatable bonds is 2. The number of nitrogens with one attached hydrogen (secondary N) is 1. The van der Waals surface area contributed by atoms with Gasteiger partial charge >= 0.3 is 0 Å². The van der Waals surface area contributed by atoms with Crippen molar-refractivity contribution in [3.05, 3.63) is 39.9 Å². The second-order valence-electron chi connectivity index (χ2n) is 3.98. The predicted octanol–water partition coefficient (Wildman–Crippen LogP) is 3.46. The minimum Gasteiger partial charge on any atom is -0.272 e. The third kappa shape index (κ3) is 1.68. The van der Waals surface area contributed by atoms with E-state index in [2.05, 4.69) is 10.2 Å². The molecule has 0 aliphatic heterocycles. The van der Waals surface area contributed by atoms with Crippen LogP contribution in [0.2, 0.25) is 5.02 Å². The number of H-pyrrole nitrogens is 1. The van der Waals surface area contributed by atoms with E-state index in [1.165, 1.54) is 12.8 Å². The molecule has 1 aliphatic rings. The van der Waals surface area contributed by atoms with Gasteiger partial charge in [0.05, 0.1) is 5.69 Å². The number of nitrogens with zero attached hydrogens (tertiary/aromatic N) is 2. The van der Waals surface area contributed by atoms with Crippen LogP contribution in [0.1, 0.15) is 24.6 Å². The van der Waals surface area contributed by atoms with Gasteiger partial charge in [-0.2, -0.15) is 5.10 Å². The Kier molecular flexibility index (Phi) is 2.33. The smallest absolute Gasteiger partial charge is 0.199 e. The Labute approximate surface area is 103 Å². The average Bonchev–Trinajstić information content (AvgIpc) is 3.02. The first kappa shape index (κ1) is 10.1. The Hall–Kier alpha value is -1.13. The van der Waals surface area contributed by atoms with E-state index >= 15 is 0 Å². The number of benzene rings is 1. The van der Waals surface area contributed by atoms with Crippen LogP contribution < -0.4 is 0 Å². The molecule has 5 heteroatoms. The van der Waals surface area contributed by atoms with E-state index in [9.17, 15) is 0 Å². The van der Waals surface area contributed by atoms with Gasteiger partial charge < -0.3 is 0 Å². The second-order valence-corrected chi connectivity index (χ2v) is 4.80. The topological polar surface area (TPSA) is 33.6 Å². The van der Waals surface area contributed by atoms with Crippen molar-refractivity contribution in [2.75, 3.05) is 0 Å². The standard InChI is InChI=1S/C11H10ClN3S/c12-8-2-1-3-9(6-8)15-10(7-4-5-7)13-14-11(15)16/h1-3,6-7H,4-5H2,(H,14,16). The molecule has 3 rings (SSSR count). The van der Waals surface area contributed by atoms with E-state index in [4.69, 9.17) is 23.8 Å². The zero-order valence-corrected chi connectivity index (χ0v) is 10.1. The van der Waals surface area contributed by atoms with Gasteiger partial charge in [-0.3, -0.25) is 9.67 Å². The Morgan fingerprint density at radius 2 is 2.25 bits per heavy atom. The Morgan fingerprint density at radius 1 is 1.44 bits per heavy atom. The van der Waals surface area contributed by atoms with Gasteiger partial charge in [0.25, 0.3) is 0 Å². The van der Waals surface area contributed by atoms with Crippen LogP contribution in [0.5, 0.6) is 0 Å². The summed E-state index contributed by atoms with van der Waals surface area (Å²) in [4.78, 5) is 0. The normalized spacial score (nSPS) is 15.3. The molecule has 1 fully saturated rings. The molecule has 0 saturated heterocycles. The minimum absolute atomic E-state index is 0.548. The molecule has 0 unspecified atom stereocenters. The van der Waals surface area contributed by atoms with Crippen LogP contribution in [0.3, 0.4) is 0 Å². The molecular weight excluding hydrogens is 242 g/mol. The van der Waals surface area contributed by atoms with Gasteiger partial charge in [-0.15, -0.1) is 0 Å². The molecule has 2 aromatic rings. The molecule has 1 N–H and O–H groups in total. The lowest BCUT2D eigenvalue weighted by Crippen LogP contribution is -1.99. The molecule has 82 valence electrons. The van der Waals surface area contributed by atoms with Gasteiger partial charge in [-0.25, -0.2) is 0 Å². The fourth-order valence-electron chi connectivity index (χ4n) is 1.79. The van der Waals surface area contributed by atoms with E-state index in [1.54, 1.807) is 0 Å². The zero-order valence-electron chi connectivity index (χ0n) is 8.48. The first-order valence-corrected chi connectivity index (χ1v) is 5.97. The summed E-state index contributed by atoms with van der Waals surface area (Å²) in [6.45, 7) is 0. The van der Waals surface area contributed by atoms with Crippen LogP contribution in [0.4, 0.5) is 0 Å². The van der Waals surface area contributed by atoms with Crippen molar-refractivity contribution < 1.29 is 0 Å². The highest BCUT2D eigenvalue weighted by molar-refractivity contribution is 7.71. The lowest BCUT2D eigenvalue weighted by atomic mass is 10.3. The number of aromatic nitrogens is 3. The molecule has 0 radical (unpaired) electrons. The molecule has 1 saturated carbocycles. The van der Waals surface area contributed by atoms with Crippen LogP contribution in [-0.4, -0.2) is 14.8 Å². The Morgan fingerprint density at radius 3 is 2.94 bits per heavy atom. The van der Waals surface area contributed by atoms with Crippen LogP contribution in [0.15, 0.2) is 24.3 Å². The summed E-state index contributed by atoms with van der Waals surface area (Å²) in [5.41, 5.74) is 0.980. The fourth-order valence-corrected chi connectivity index (χ4v) is 2.22. The maximum absolute atomic E-state index is 5.98. The van der Waals surface area contributed by atoms with Crippen molar-refractivity contribution in [1.82, 2.24) is 14.8 Å². The van der Waals surface area contributed by atoms with Crippen molar-refractivity contribution >= 4 is 23.8 Å². The summed E-state index contributed by atoms with van der Waals surface area (Å²) in [5, 5.41) is 7.85. The van der Waals surface area contributed by atoms with E-state index < -0.39 is 0 Å². The summed E-state index contributed by atoms with van der Waals surface area (Å²) in [5.74, 6) is 1.57. The van der Waals surface area contributed by atoms with E-state index in [0.717, 1.165) is 11.5 Å². The summed E-state index contributed by atoms with van der Waals surface area (Å²) in [6, 6.07) is 7.66. The first-order chi connectivity index (χ1) is 7.75. The van der Waals surface area contributed by atoms with Gasteiger partial charge in [-0.1, -0.05) is 17.7 Å². The molecule has 0 bridgehead atoms. The van der Waals surface area contributed by atoms with Gasteiger partial charge in [0, 0.05) is 10.9 Å². The highest BCUT2D eigenvalue weighted by atomic mass is 35.5. The van der Waals surface area contributed by atoms with E-state index in [1.807, 2.05) is 28.8 Å². The van der Waals surface area contributed by atoms with Crippen LogP contribution in [0.25, 0.3) is 5.69 Å². The number of hydrogen-bond donors (Lipinski definition) is 1. The lowest BCUT2D eigenvalue weighted by molar-refractivity contribution is 0.869. The Bertz CT molecular complexity index is 583. The molecule has 0 amide bonds. The monoisotopic (exact) mass is 251 g/mol. The van der Waals surface area contributed by atoms with Gasteiger partial charge in [0.1, 0.15) is 5.82 Å². The molecule has 16 heavy (non-hydrogen) atoms. The highest BCUT2D eigenvalue weighted by Crippen LogP contribution is 2.39. The molecular formula is C11H10ClN3S. The van der Waals surface area contributed by atoms with Crippen molar-refractivity contribution in [1.29, 1.82) is 0 Å². The first-order valence-electron chi connectivity index (χ1n) is 5.19. The molecule has 1 aliphatic carbocycles. The second kappa shape index (κ2) is 3.71. The molecule has 3 nitrogen and oxygen atoms in total. The van der Waals surface area contributed by atoms with Gasteiger partial charge in [-0.05, 0) is 43.3 Å². The largest absolute Gasteiger partial charge is 0.272 e. The van der Waals surface area contributed by atoms with Crippen LogP contribution >= 0.6 is 23.8 Å². The summed E-state index contributed by atoms with van der Waals surface area (Å²) >= 11 is 11.2. The predicted molar refractivity (Wildman–Crippen MR) is 65.7 cm³/mol. The van der Waals surface area contributed by atoms with Crippen molar-refractivity contribution in [3.8, 4) is 5.69 Å². The van der Waals surface area contributed by atoms with Crippen molar-refractivity contribution in [3.63, 3.8) is 0 Å². The quantitative estimate of drug-likeness (QED) is 0.830. The summed E-state index contributed by atoms with van der Waals surface area (Å²) in [7, 11) is 0. The van der Waals surface area contributed by atoms with Crippen LogP contribution in [-0.2, 0) is 0 Å². The van der Waals surface area contributed by atoms with Gasteiger partial charge in [0.2, 0.25) is 0 Å². The SMILES string of the molecule is S=c1[nH]nc(C2CC2)n1-c1cccc(Cl)c1. The third-order valence-electron chi connectivity index (χ3n) is 2.71. The number of aromatic amines is 1. The van der Waals surface area contributed by atoms with E-state index in [0.29, 0.717) is 15.7 Å². The highest BCUT2D eigenvalue weighted by Gasteiger charge is 2.29. The summed E-state index contributed by atoms with van der Waals surface area (Å²) < 4.78 is 2.60. The van der Waals surface area contributed by atoms with Crippen molar-refractivity contribution in [2.24, 2.45) is 0 Å². The van der Waals surface area contributed by atoms with Gasteiger partial charge in [0.15, 0.2) is 4.77 Å². The summed E-state index contributed by atoms with van der Waals surface area (Å²) in [6.07, 6.45) is 2.39. The maximum Gasteiger partial charge on any atom is 0.199 e. The number of hydrogen-bond acceptors (Lipinski definition) is 2. The Balaban J connectivity index is 2.18. The molecule has 1 aromatic heterocycles. The third-order valence-corrected chi connectivity index (χ3v) is 3.22. The van der Waals surface area contributed by atoms with E-state index in [-0.39, 0.29) is 0 Å². The minimum atomic E-state index is 0.548. The molecule has 1 aromatic carbocycles. The molecule has 1 heterocycles. The average molecular weight is 252 g/mol. The fraction of sp³-hybridized carbons (Fsp3) is 0.273. The molecule has 0 atom stereocenters. The molecule has 0 spiro atoms. The van der Waals surface area contributed by atoms with Crippen LogP contribution in [0, 0.1) is 4.77 Å². The maximum atomic E-state index is 5.98. The lowest BCUT2D eigenvalue weighted by Gasteiger charge is -2.05. The number of halogens is 1. The van der Waals surface area contributed by atoms with Crippen molar-refractivity contribution in [2.45, 2.75) is 18.8 Å². The zero-order chi connectivity index (χ0) is 11.1.